The summed E-state index contributed by atoms with van der Waals surface area (Å²) in [6.07, 6.45) is -1.75. The normalized spacial score (nSPS) is 21.3. The summed E-state index contributed by atoms with van der Waals surface area (Å²) in [6, 6.07) is 4.74. The van der Waals surface area contributed by atoms with E-state index in [0.717, 1.165) is 12.1 Å². The molecule has 0 saturated carbocycles. The third kappa shape index (κ3) is 5.11. The molecule has 0 spiro atoms. The maximum absolute atomic E-state index is 12.6. The molecule has 0 aromatic heterocycles. The molecule has 2 fully saturated rings. The van der Waals surface area contributed by atoms with E-state index in [1.165, 1.54) is 24.1 Å². The molecule has 0 atom stereocenters. The highest BCUT2D eigenvalue weighted by atomic mass is 32.2. The molecule has 3 rings (SSSR count). The average molecular weight is 419 g/mol. The van der Waals surface area contributed by atoms with E-state index in [1.54, 1.807) is 5.48 Å². The molecule has 2 saturated heterocycles. The Morgan fingerprint density at radius 3 is 2.36 bits per heavy atom. The number of hydroxylamine groups is 1. The highest BCUT2D eigenvalue weighted by molar-refractivity contribution is 7.99. The van der Waals surface area contributed by atoms with Gasteiger partial charge in [-0.25, -0.2) is 9.79 Å². The Morgan fingerprint density at radius 1 is 1.21 bits per heavy atom. The summed E-state index contributed by atoms with van der Waals surface area (Å²) in [5.41, 5.74) is 1.11. The summed E-state index contributed by atoms with van der Waals surface area (Å²) in [7, 11) is 0. The maximum atomic E-state index is 12.6. The molecule has 28 heavy (non-hydrogen) atoms. The molecule has 10 heteroatoms. The molecule has 6 nitrogen and oxygen atoms in total. The first-order valence-electron chi connectivity index (χ1n) is 9.26. The minimum absolute atomic E-state index is 0.0794. The molecule has 3 N–H and O–H groups in total. The van der Waals surface area contributed by atoms with Crippen LogP contribution in [-0.2, 0) is 11.0 Å². The second kappa shape index (κ2) is 8.89. The van der Waals surface area contributed by atoms with Gasteiger partial charge < -0.3 is 10.1 Å². The zero-order valence-corrected chi connectivity index (χ0v) is 16.1. The number of carbonyl (C=O) groups is 1. The van der Waals surface area contributed by atoms with Crippen LogP contribution in [0.2, 0.25) is 0 Å². The first-order chi connectivity index (χ1) is 13.3. The lowest BCUT2D eigenvalue weighted by atomic mass is 9.96. The van der Waals surface area contributed by atoms with Crippen LogP contribution in [0.25, 0.3) is 0 Å². The quantitative estimate of drug-likeness (QED) is 0.387. The van der Waals surface area contributed by atoms with Crippen molar-refractivity contribution in [3.63, 3.8) is 0 Å². The second-order valence-corrected chi connectivity index (χ2v) is 8.53. The molecule has 2 heterocycles. The van der Waals surface area contributed by atoms with Gasteiger partial charge >= 0.3 is 6.18 Å². The van der Waals surface area contributed by atoms with Crippen LogP contribution in [0.4, 0.5) is 13.2 Å². The number of ether oxygens (including phenoxy) is 1. The summed E-state index contributed by atoms with van der Waals surface area (Å²) in [5, 5.41) is 12.3. The van der Waals surface area contributed by atoms with Crippen molar-refractivity contribution in [2.75, 3.05) is 26.2 Å². The van der Waals surface area contributed by atoms with Gasteiger partial charge in [0.25, 0.3) is 5.91 Å². The van der Waals surface area contributed by atoms with Crippen molar-refractivity contribution in [2.24, 2.45) is 0 Å². The fourth-order valence-corrected chi connectivity index (χ4v) is 4.90. The summed E-state index contributed by atoms with van der Waals surface area (Å²) in [5.74, 6) is 0.0516. The van der Waals surface area contributed by atoms with Gasteiger partial charge in [0.05, 0.1) is 5.56 Å². The Morgan fingerprint density at radius 2 is 1.82 bits per heavy atom. The van der Waals surface area contributed by atoms with E-state index in [1.807, 2.05) is 0 Å². The van der Waals surface area contributed by atoms with Crippen LogP contribution >= 0.6 is 11.9 Å². The highest BCUT2D eigenvalue weighted by Gasteiger charge is 2.43. The van der Waals surface area contributed by atoms with Crippen LogP contribution < -0.4 is 15.5 Å². The Labute approximate surface area is 165 Å². The molecule has 0 bridgehead atoms. The lowest BCUT2D eigenvalue weighted by Crippen LogP contribution is -2.52. The molecular weight excluding hydrogens is 395 g/mol. The number of rotatable bonds is 5. The minimum atomic E-state index is -4.35. The van der Waals surface area contributed by atoms with Crippen LogP contribution in [0.3, 0.4) is 0 Å². The molecule has 2 aliphatic rings. The predicted octanol–water partition coefficient (Wildman–Crippen LogP) is 2.82. The average Bonchev–Trinajstić information content (AvgIpc) is 2.69. The number of amides is 1. The summed E-state index contributed by atoms with van der Waals surface area (Å²) < 4.78 is 45.2. The number of halogens is 3. The molecule has 0 aliphatic carbocycles. The van der Waals surface area contributed by atoms with Crippen molar-refractivity contribution in [1.82, 2.24) is 15.1 Å². The molecule has 0 radical (unpaired) electrons. The van der Waals surface area contributed by atoms with Crippen LogP contribution in [0, 0.1) is 0 Å². The lowest BCUT2D eigenvalue weighted by Gasteiger charge is -2.40. The maximum Gasteiger partial charge on any atom is 0.416 e. The lowest BCUT2D eigenvalue weighted by molar-refractivity contribution is -0.137. The Bertz CT molecular complexity index is 658. The molecule has 156 valence electrons. The highest BCUT2D eigenvalue weighted by Crippen LogP contribution is 2.38. The Balaban J connectivity index is 1.52. The topological polar surface area (TPSA) is 73.8 Å². The summed E-state index contributed by atoms with van der Waals surface area (Å²) in [4.78, 5) is 12.2. The van der Waals surface area contributed by atoms with Crippen LogP contribution in [0.5, 0.6) is 5.75 Å². The van der Waals surface area contributed by atoms with Gasteiger partial charge in [-0.1, -0.05) is 11.9 Å². The van der Waals surface area contributed by atoms with Crippen molar-refractivity contribution in [3.05, 3.63) is 29.8 Å². The van der Waals surface area contributed by atoms with E-state index >= 15 is 0 Å². The van der Waals surface area contributed by atoms with Crippen molar-refractivity contribution < 1.29 is 27.9 Å². The standard InChI is InChI=1S/C18H24F3N3O3S/c19-18(20,21)13-1-3-14(4-2-13)27-15-5-11-24(12-6-15)28-17(16(25)23-26)7-9-22-10-8-17/h1-4,15,22,26H,5-12H2,(H,23,25). The number of carbonyl (C=O) groups excluding carboxylic acids is 1. The van der Waals surface area contributed by atoms with E-state index in [2.05, 4.69) is 9.62 Å². The van der Waals surface area contributed by atoms with E-state index in [9.17, 15) is 18.0 Å². The SMILES string of the molecule is O=C(NO)C1(SN2CCC(Oc3ccc(C(F)(F)F)cc3)CC2)CCNCC1. The van der Waals surface area contributed by atoms with Gasteiger partial charge in [0.15, 0.2) is 0 Å². The van der Waals surface area contributed by atoms with Crippen LogP contribution in [-0.4, -0.2) is 52.4 Å². The van der Waals surface area contributed by atoms with E-state index in [0.29, 0.717) is 57.6 Å². The van der Waals surface area contributed by atoms with Gasteiger partial charge in [0.1, 0.15) is 16.6 Å². The van der Waals surface area contributed by atoms with Crippen molar-refractivity contribution in [2.45, 2.75) is 42.7 Å². The van der Waals surface area contributed by atoms with E-state index in [-0.39, 0.29) is 12.0 Å². The van der Waals surface area contributed by atoms with Crippen molar-refractivity contribution in [3.8, 4) is 5.75 Å². The Kier molecular flexibility index (Phi) is 6.74. The number of nitrogens with one attached hydrogen (secondary N) is 2. The number of nitrogens with zero attached hydrogens (tertiary/aromatic N) is 1. The molecule has 1 aromatic carbocycles. The van der Waals surface area contributed by atoms with Crippen LogP contribution in [0.15, 0.2) is 24.3 Å². The molecule has 2 aliphatic heterocycles. The van der Waals surface area contributed by atoms with E-state index in [4.69, 9.17) is 9.94 Å². The van der Waals surface area contributed by atoms with Gasteiger partial charge in [-0.3, -0.25) is 10.0 Å². The fraction of sp³-hybridized carbons (Fsp3) is 0.611. The van der Waals surface area contributed by atoms with Crippen molar-refractivity contribution in [1.29, 1.82) is 0 Å². The smallest absolute Gasteiger partial charge is 0.416 e. The van der Waals surface area contributed by atoms with Gasteiger partial charge in [-0.2, -0.15) is 13.2 Å². The second-order valence-electron chi connectivity index (χ2n) is 7.04. The number of hydrogen-bond acceptors (Lipinski definition) is 6. The van der Waals surface area contributed by atoms with Crippen LogP contribution in [0.1, 0.15) is 31.2 Å². The summed E-state index contributed by atoms with van der Waals surface area (Å²) in [6.45, 7) is 2.83. The largest absolute Gasteiger partial charge is 0.490 e. The minimum Gasteiger partial charge on any atom is -0.490 e. The molecular formula is C18H24F3N3O3S. The van der Waals surface area contributed by atoms with Gasteiger partial charge in [-0.05, 0) is 63.0 Å². The zero-order chi connectivity index (χ0) is 20.2. The summed E-state index contributed by atoms with van der Waals surface area (Å²) >= 11 is 1.48. The molecule has 0 unspecified atom stereocenters. The van der Waals surface area contributed by atoms with Gasteiger partial charge in [0.2, 0.25) is 0 Å². The van der Waals surface area contributed by atoms with Gasteiger partial charge in [-0.15, -0.1) is 0 Å². The monoisotopic (exact) mass is 419 g/mol. The Hall–Kier alpha value is -1.49. The number of piperidine rings is 2. The zero-order valence-electron chi connectivity index (χ0n) is 15.3. The predicted molar refractivity (Wildman–Crippen MR) is 99.0 cm³/mol. The fourth-order valence-electron chi connectivity index (χ4n) is 3.50. The third-order valence-corrected chi connectivity index (χ3v) is 6.68. The van der Waals surface area contributed by atoms with Crippen molar-refractivity contribution >= 4 is 17.9 Å². The number of alkyl halides is 3. The van der Waals surface area contributed by atoms with Gasteiger partial charge in [0, 0.05) is 13.1 Å². The molecule has 1 aromatic rings. The number of hydrogen-bond donors (Lipinski definition) is 3. The number of benzene rings is 1. The molecule has 1 amide bonds. The first-order valence-corrected chi connectivity index (χ1v) is 10.0. The third-order valence-electron chi connectivity index (χ3n) is 5.12. The first kappa shape index (κ1) is 21.2. The van der Waals surface area contributed by atoms with E-state index < -0.39 is 16.5 Å².